The number of sulfonamides is 1. The Morgan fingerprint density at radius 1 is 1.13 bits per heavy atom. The van der Waals surface area contributed by atoms with E-state index < -0.39 is 79.6 Å². The van der Waals surface area contributed by atoms with E-state index in [4.69, 9.17) is 9.47 Å². The molecule has 0 unspecified atom stereocenters. The lowest BCUT2D eigenvalue weighted by molar-refractivity contribution is -0.141. The van der Waals surface area contributed by atoms with Crippen molar-refractivity contribution in [3.05, 3.63) is 47.4 Å². The molecule has 1 aromatic heterocycles. The fourth-order valence-corrected chi connectivity index (χ4v) is 9.39. The number of nitrogens with zero attached hydrogens (tertiary/aromatic N) is 2. The van der Waals surface area contributed by atoms with E-state index in [0.29, 0.717) is 61.8 Å². The number of alkyl carbamates (subject to hydrolysis) is 1. The Kier molecular flexibility index (Phi) is 9.47. The van der Waals surface area contributed by atoms with Gasteiger partial charge in [-0.15, -0.1) is 0 Å². The number of aromatic nitrogens is 1. The van der Waals surface area contributed by atoms with Gasteiger partial charge in [-0.3, -0.25) is 19.1 Å². The van der Waals surface area contributed by atoms with E-state index in [1.807, 2.05) is 12.2 Å². The highest BCUT2D eigenvalue weighted by molar-refractivity contribution is 7.91. The number of benzene rings is 1. The normalized spacial score (nSPS) is 29.8. The first-order valence-electron chi connectivity index (χ1n) is 18.6. The highest BCUT2D eigenvalue weighted by Crippen LogP contribution is 2.48. The second-order valence-corrected chi connectivity index (χ2v) is 18.3. The number of carbonyl (C=O) groups is 4. The molecule has 3 aliphatic heterocycles. The van der Waals surface area contributed by atoms with Gasteiger partial charge in [0.15, 0.2) is 0 Å². The summed E-state index contributed by atoms with van der Waals surface area (Å²) in [7, 11) is -3.90. The van der Waals surface area contributed by atoms with Crippen LogP contribution >= 0.6 is 0 Å². The summed E-state index contributed by atoms with van der Waals surface area (Å²) < 4.78 is 55.0. The van der Waals surface area contributed by atoms with Crippen molar-refractivity contribution in [2.45, 2.75) is 132 Å². The van der Waals surface area contributed by atoms with Gasteiger partial charge in [0.05, 0.1) is 17.5 Å². The van der Waals surface area contributed by atoms with E-state index >= 15 is 0 Å². The summed E-state index contributed by atoms with van der Waals surface area (Å²) in [5.74, 6) is -2.32. The molecule has 0 bridgehead atoms. The molecular weight excluding hydrogens is 706 g/mol. The van der Waals surface area contributed by atoms with E-state index in [2.05, 4.69) is 20.3 Å². The number of nitrogens with one attached hydrogen (secondary N) is 3. The molecule has 4 amide bonds. The van der Waals surface area contributed by atoms with E-state index in [0.717, 1.165) is 18.4 Å². The molecule has 3 N–H and O–H groups in total. The van der Waals surface area contributed by atoms with E-state index in [1.54, 1.807) is 39.8 Å². The molecule has 5 atom stereocenters. The lowest BCUT2D eigenvalue weighted by atomic mass is 9.87. The van der Waals surface area contributed by atoms with Gasteiger partial charge in [0.2, 0.25) is 21.8 Å². The molecule has 2 aliphatic carbocycles. The van der Waals surface area contributed by atoms with E-state index in [1.165, 1.54) is 11.0 Å². The van der Waals surface area contributed by atoms with Crippen molar-refractivity contribution in [3.8, 4) is 5.75 Å². The Morgan fingerprint density at radius 2 is 1.91 bits per heavy atom. The third kappa shape index (κ3) is 7.45. The van der Waals surface area contributed by atoms with Crippen LogP contribution in [0.3, 0.4) is 0 Å². The van der Waals surface area contributed by atoms with Crippen molar-refractivity contribution in [2.24, 2.45) is 5.92 Å². The number of para-hydroxylation sites is 1. The molecule has 3 fully saturated rings. The highest BCUT2D eigenvalue weighted by Gasteiger charge is 2.63. The minimum Gasteiger partial charge on any atom is -0.483 e. The largest absolute Gasteiger partial charge is 0.483 e. The van der Waals surface area contributed by atoms with Crippen molar-refractivity contribution in [2.75, 3.05) is 6.54 Å². The van der Waals surface area contributed by atoms with Gasteiger partial charge in [0.25, 0.3) is 5.91 Å². The second kappa shape index (κ2) is 13.5. The summed E-state index contributed by atoms with van der Waals surface area (Å²) in [6, 6.07) is 2.63. The molecule has 1 saturated heterocycles. The number of ether oxygens (including phenoxy) is 2. The zero-order valence-electron chi connectivity index (χ0n) is 30.6. The average Bonchev–Trinajstić information content (AvgIpc) is 4.01. The third-order valence-corrected chi connectivity index (χ3v) is 12.8. The molecule has 15 heteroatoms. The van der Waals surface area contributed by atoms with Crippen molar-refractivity contribution >= 4 is 44.7 Å². The SMILES string of the molecule is Cc1nc2c(F)cccc2c2c1O[C@]1(CC2)C[C@H]2C(=O)N[C@]3(C(=O)NS(=O)(=O)C4CC4)C[C@H]3/C=C\CCCCC[C@H](NC(=O)OC(C)(C)C)C(=O)N2C1.[HH].[HH].[HH]. The number of carbonyl (C=O) groups excluding carboxylic acids is 4. The smallest absolute Gasteiger partial charge is 0.408 e. The number of rotatable bonds is 4. The maximum Gasteiger partial charge on any atom is 0.408 e. The number of halogens is 1. The molecule has 2 aromatic rings. The third-order valence-electron chi connectivity index (χ3n) is 11.0. The molecular formula is C38H54FN5O8S. The van der Waals surface area contributed by atoms with Crippen LogP contribution in [-0.4, -0.2) is 82.7 Å². The van der Waals surface area contributed by atoms with Crippen molar-refractivity contribution in [1.29, 1.82) is 0 Å². The Bertz CT molecular complexity index is 2010. The summed E-state index contributed by atoms with van der Waals surface area (Å²) in [6.45, 7) is 6.90. The summed E-state index contributed by atoms with van der Waals surface area (Å²) in [6.07, 6.45) is 8.24. The lowest BCUT2D eigenvalue weighted by Gasteiger charge is -2.36. The van der Waals surface area contributed by atoms with Crippen LogP contribution in [-0.2, 0) is 35.6 Å². The van der Waals surface area contributed by atoms with Crippen LogP contribution in [0.1, 0.15) is 101 Å². The lowest BCUT2D eigenvalue weighted by Crippen LogP contribution is -2.58. The Morgan fingerprint density at radius 3 is 2.64 bits per heavy atom. The second-order valence-electron chi connectivity index (χ2n) is 16.3. The minimum absolute atomic E-state index is 0. The molecule has 0 radical (unpaired) electrons. The maximum absolute atomic E-state index is 14.8. The van der Waals surface area contributed by atoms with Gasteiger partial charge >= 0.3 is 6.09 Å². The first-order valence-corrected chi connectivity index (χ1v) is 20.2. The summed E-state index contributed by atoms with van der Waals surface area (Å²) in [5.41, 5.74) is -1.87. The van der Waals surface area contributed by atoms with E-state index in [-0.39, 0.29) is 29.2 Å². The molecule has 5 aliphatic rings. The first-order chi connectivity index (χ1) is 25.0. The summed E-state index contributed by atoms with van der Waals surface area (Å²) >= 11 is 0. The zero-order valence-corrected chi connectivity index (χ0v) is 31.4. The minimum atomic E-state index is -3.90. The van der Waals surface area contributed by atoms with E-state index in [9.17, 15) is 32.0 Å². The van der Waals surface area contributed by atoms with Crippen LogP contribution in [0.5, 0.6) is 5.75 Å². The van der Waals surface area contributed by atoms with Crippen molar-refractivity contribution in [1.82, 2.24) is 25.2 Å². The van der Waals surface area contributed by atoms with Crippen LogP contribution in [0.2, 0.25) is 0 Å². The molecule has 13 nitrogen and oxygen atoms in total. The summed E-state index contributed by atoms with van der Waals surface area (Å²) in [5, 5.41) is 5.65. The quantitative estimate of drug-likeness (QED) is 0.364. The van der Waals surface area contributed by atoms with Crippen LogP contribution in [0, 0.1) is 18.7 Å². The van der Waals surface area contributed by atoms with Gasteiger partial charge in [-0.2, -0.15) is 0 Å². The molecule has 292 valence electrons. The van der Waals surface area contributed by atoms with Gasteiger partial charge in [0.1, 0.15) is 45.9 Å². The molecule has 7 rings (SSSR count). The van der Waals surface area contributed by atoms with Gasteiger partial charge < -0.3 is 25.0 Å². The van der Waals surface area contributed by atoms with Crippen LogP contribution < -0.4 is 20.1 Å². The maximum atomic E-state index is 14.8. The zero-order chi connectivity index (χ0) is 37.9. The Labute approximate surface area is 313 Å². The number of fused-ring (bicyclic) bond motifs is 5. The number of hydrogen-bond acceptors (Lipinski definition) is 9. The first kappa shape index (κ1) is 37.1. The van der Waals surface area contributed by atoms with Gasteiger partial charge in [-0.25, -0.2) is 22.6 Å². The number of amides is 4. The average molecular weight is 760 g/mol. The van der Waals surface area contributed by atoms with Crippen molar-refractivity contribution < 1.29 is 45.7 Å². The van der Waals surface area contributed by atoms with Crippen LogP contribution in [0.4, 0.5) is 9.18 Å². The van der Waals surface area contributed by atoms with Gasteiger partial charge in [-0.1, -0.05) is 37.1 Å². The fraction of sp³-hybridized carbons (Fsp3) is 0.605. The molecule has 4 heterocycles. The topological polar surface area (TPSA) is 173 Å². The predicted octanol–water partition coefficient (Wildman–Crippen LogP) is 4.98. The molecule has 2 saturated carbocycles. The highest BCUT2D eigenvalue weighted by atomic mass is 32.2. The predicted molar refractivity (Wildman–Crippen MR) is 199 cm³/mol. The fourth-order valence-electron chi connectivity index (χ4n) is 8.03. The molecule has 1 aromatic carbocycles. The molecule has 53 heavy (non-hydrogen) atoms. The number of pyridine rings is 1. The number of allylic oxidation sites excluding steroid dienone is 1. The van der Waals surface area contributed by atoms with Crippen molar-refractivity contribution in [3.63, 3.8) is 0 Å². The standard InChI is InChI=1S/C38H48FN5O8S.3H2/c1-22-31-26(25-12-10-13-27(39)30(25)40-22)17-18-37(51-31)20-29-32(45)42-38(34(47)43-53(49,50)24-15-16-24)19-23(38)11-8-6-5-7-9-14-28(33(46)44(29)21-37)41-35(48)52-36(2,3)4;;;/h8,10-13,23-24,28-29H,5-7,9,14-21H2,1-4H3,(H,41,48)(H,42,45)(H,43,47);3*1H/b11-8-;;;/t23-,28+,29+,37-,38-;;;/m1.../s1. The van der Waals surface area contributed by atoms with Gasteiger partial charge in [-0.05, 0) is 85.1 Å². The number of hydrogen-bond donors (Lipinski definition) is 3. The summed E-state index contributed by atoms with van der Waals surface area (Å²) in [4.78, 5) is 61.9. The van der Waals surface area contributed by atoms with Gasteiger partial charge in [0, 0.05) is 27.6 Å². The monoisotopic (exact) mass is 759 g/mol. The molecule has 1 spiro atoms. The van der Waals surface area contributed by atoms with Crippen LogP contribution in [0.25, 0.3) is 10.9 Å². The Hall–Kier alpha value is -4.27. The number of aryl methyl sites for hydroxylation is 2. The Balaban J connectivity index is 0.00000232. The van der Waals surface area contributed by atoms with Crippen LogP contribution in [0.15, 0.2) is 30.4 Å².